The van der Waals surface area contributed by atoms with E-state index in [1.807, 2.05) is 0 Å². The average Bonchev–Trinajstić information content (AvgIpc) is 3.13. The van der Waals surface area contributed by atoms with Crippen molar-refractivity contribution in [2.45, 2.75) is 12.5 Å². The third-order valence-electron chi connectivity index (χ3n) is 4.82. The molecule has 10 heteroatoms. The average molecular weight is 436 g/mol. The molecule has 0 aromatic heterocycles. The molecular formula is C20H22F2N4O3S. The summed E-state index contributed by atoms with van der Waals surface area (Å²) in [5.74, 6) is -1.78. The van der Waals surface area contributed by atoms with Crippen molar-refractivity contribution in [3.63, 3.8) is 0 Å². The molecule has 160 valence electrons. The van der Waals surface area contributed by atoms with Gasteiger partial charge in [-0.25, -0.2) is 21.9 Å². The van der Waals surface area contributed by atoms with Gasteiger partial charge in [0, 0.05) is 36.5 Å². The summed E-state index contributed by atoms with van der Waals surface area (Å²) >= 11 is 0. The van der Waals surface area contributed by atoms with Gasteiger partial charge in [0.15, 0.2) is 0 Å². The van der Waals surface area contributed by atoms with Crippen molar-refractivity contribution < 1.29 is 22.0 Å². The van der Waals surface area contributed by atoms with E-state index in [0.29, 0.717) is 18.5 Å². The summed E-state index contributed by atoms with van der Waals surface area (Å²) in [5.41, 5.74) is 0.614. The number of carbonyl (C=O) groups is 1. The number of halogens is 2. The number of amides is 1. The quantitative estimate of drug-likeness (QED) is 0.579. The van der Waals surface area contributed by atoms with Gasteiger partial charge in [-0.05, 0) is 18.6 Å². The summed E-state index contributed by atoms with van der Waals surface area (Å²) < 4.78 is 53.8. The van der Waals surface area contributed by atoms with E-state index in [2.05, 4.69) is 10.0 Å². The molecule has 0 radical (unpaired) electrons. The van der Waals surface area contributed by atoms with Crippen LogP contribution in [-0.4, -0.2) is 57.4 Å². The molecule has 1 atom stereocenters. The number of para-hydroxylation sites is 1. The molecule has 3 rings (SSSR count). The summed E-state index contributed by atoms with van der Waals surface area (Å²) in [6.07, 6.45) is 2.61. The molecule has 1 aliphatic heterocycles. The van der Waals surface area contributed by atoms with Crippen LogP contribution in [0.3, 0.4) is 0 Å². The van der Waals surface area contributed by atoms with Crippen LogP contribution >= 0.6 is 0 Å². The topological polar surface area (TPSA) is 102 Å². The first kappa shape index (κ1) is 21.8. The van der Waals surface area contributed by atoms with Crippen molar-refractivity contribution >= 4 is 27.8 Å². The summed E-state index contributed by atoms with van der Waals surface area (Å²) in [6, 6.07) is 7.90. The first-order valence-corrected chi connectivity index (χ1v) is 11.2. The molecule has 2 aromatic rings. The Bertz CT molecular complexity index is 1060. The highest BCUT2D eigenvalue weighted by molar-refractivity contribution is 7.88. The van der Waals surface area contributed by atoms with Gasteiger partial charge in [0.05, 0.1) is 24.1 Å². The molecule has 1 aliphatic rings. The van der Waals surface area contributed by atoms with E-state index in [0.717, 1.165) is 24.6 Å². The zero-order chi connectivity index (χ0) is 21.9. The number of nitrogens with one attached hydrogen (secondary N) is 3. The lowest BCUT2D eigenvalue weighted by Gasteiger charge is -2.20. The third kappa shape index (κ3) is 5.00. The lowest BCUT2D eigenvalue weighted by Crippen LogP contribution is -2.39. The minimum atomic E-state index is -3.36. The Balaban J connectivity index is 1.79. The van der Waals surface area contributed by atoms with Crippen molar-refractivity contribution in [1.82, 2.24) is 9.62 Å². The fourth-order valence-electron chi connectivity index (χ4n) is 3.51. The Hall–Kier alpha value is -2.85. The van der Waals surface area contributed by atoms with E-state index in [1.165, 1.54) is 17.0 Å². The SMILES string of the molecule is CS(=O)(=O)NC1CCN(C(=O)CNc2c(C=N)cccc2-c2c(F)cccc2F)C1. The molecule has 0 bridgehead atoms. The monoisotopic (exact) mass is 436 g/mol. The van der Waals surface area contributed by atoms with Gasteiger partial charge in [-0.1, -0.05) is 24.3 Å². The first-order chi connectivity index (χ1) is 14.2. The second kappa shape index (κ2) is 8.88. The Morgan fingerprint density at radius 2 is 1.90 bits per heavy atom. The van der Waals surface area contributed by atoms with Gasteiger partial charge in [-0.2, -0.15) is 0 Å². The van der Waals surface area contributed by atoms with Gasteiger partial charge in [0.25, 0.3) is 0 Å². The largest absolute Gasteiger partial charge is 0.375 e. The van der Waals surface area contributed by atoms with E-state index in [1.54, 1.807) is 12.1 Å². The van der Waals surface area contributed by atoms with Gasteiger partial charge in [-0.15, -0.1) is 0 Å². The highest BCUT2D eigenvalue weighted by Gasteiger charge is 2.28. The summed E-state index contributed by atoms with van der Waals surface area (Å²) in [5, 5.41) is 10.5. The smallest absolute Gasteiger partial charge is 0.241 e. The molecule has 1 fully saturated rings. The molecule has 1 unspecified atom stereocenters. The molecule has 1 saturated heterocycles. The van der Waals surface area contributed by atoms with Crippen LogP contribution in [0.2, 0.25) is 0 Å². The van der Waals surface area contributed by atoms with E-state index < -0.39 is 21.7 Å². The van der Waals surface area contributed by atoms with E-state index >= 15 is 0 Å². The highest BCUT2D eigenvalue weighted by atomic mass is 32.2. The Labute approximate surface area is 173 Å². The maximum absolute atomic E-state index is 14.3. The Morgan fingerprint density at radius 1 is 1.23 bits per heavy atom. The van der Waals surface area contributed by atoms with Crippen LogP contribution in [-0.2, 0) is 14.8 Å². The maximum Gasteiger partial charge on any atom is 0.241 e. The maximum atomic E-state index is 14.3. The van der Waals surface area contributed by atoms with E-state index in [9.17, 15) is 22.0 Å². The Morgan fingerprint density at radius 3 is 2.53 bits per heavy atom. The first-order valence-electron chi connectivity index (χ1n) is 9.26. The molecule has 0 spiro atoms. The molecule has 3 N–H and O–H groups in total. The van der Waals surface area contributed by atoms with Crippen molar-refractivity contribution in [1.29, 1.82) is 5.41 Å². The van der Waals surface area contributed by atoms with Crippen LogP contribution in [0.5, 0.6) is 0 Å². The third-order valence-corrected chi connectivity index (χ3v) is 5.58. The van der Waals surface area contributed by atoms with Crippen molar-refractivity contribution in [2.75, 3.05) is 31.2 Å². The molecule has 2 aromatic carbocycles. The highest BCUT2D eigenvalue weighted by Crippen LogP contribution is 2.34. The minimum Gasteiger partial charge on any atom is -0.375 e. The van der Waals surface area contributed by atoms with Crippen LogP contribution < -0.4 is 10.0 Å². The van der Waals surface area contributed by atoms with E-state index in [4.69, 9.17) is 5.41 Å². The van der Waals surface area contributed by atoms with Crippen LogP contribution in [0, 0.1) is 17.0 Å². The molecule has 1 heterocycles. The summed E-state index contributed by atoms with van der Waals surface area (Å²) in [7, 11) is -3.36. The molecule has 0 aliphatic carbocycles. The van der Waals surface area contributed by atoms with Gasteiger partial charge >= 0.3 is 0 Å². The van der Waals surface area contributed by atoms with Crippen molar-refractivity contribution in [3.05, 3.63) is 53.6 Å². The number of benzene rings is 2. The molecule has 7 nitrogen and oxygen atoms in total. The Kier molecular flexibility index (Phi) is 6.47. The van der Waals surface area contributed by atoms with Crippen LogP contribution in [0.1, 0.15) is 12.0 Å². The number of carbonyl (C=O) groups excluding carboxylic acids is 1. The number of anilines is 1. The van der Waals surface area contributed by atoms with Gasteiger partial charge in [0.1, 0.15) is 11.6 Å². The van der Waals surface area contributed by atoms with Crippen LogP contribution in [0.25, 0.3) is 11.1 Å². The number of hydrogen-bond donors (Lipinski definition) is 3. The standard InChI is InChI=1S/C20H22F2N4O3S/c1-30(28,29)25-14-8-9-26(12-14)18(27)11-24-20-13(10-23)4-2-5-15(20)19-16(21)6-3-7-17(19)22/h2-7,10,14,23-25H,8-9,11-12H2,1H3. The zero-order valence-corrected chi connectivity index (χ0v) is 17.1. The number of hydrogen-bond acceptors (Lipinski definition) is 5. The van der Waals surface area contributed by atoms with Gasteiger partial charge in [0.2, 0.25) is 15.9 Å². The van der Waals surface area contributed by atoms with Gasteiger partial charge < -0.3 is 15.6 Å². The molecule has 30 heavy (non-hydrogen) atoms. The summed E-state index contributed by atoms with van der Waals surface area (Å²) in [6.45, 7) is 0.475. The van der Waals surface area contributed by atoms with Gasteiger partial charge in [-0.3, -0.25) is 4.79 Å². The number of sulfonamides is 1. The second-order valence-corrected chi connectivity index (χ2v) is 8.86. The lowest BCUT2D eigenvalue weighted by molar-refractivity contribution is -0.128. The molecule has 0 saturated carbocycles. The fourth-order valence-corrected chi connectivity index (χ4v) is 4.31. The molecule has 1 amide bonds. The summed E-state index contributed by atoms with van der Waals surface area (Å²) in [4.78, 5) is 14.1. The van der Waals surface area contributed by atoms with Crippen LogP contribution in [0.4, 0.5) is 14.5 Å². The fraction of sp³-hybridized carbons (Fsp3) is 0.300. The normalized spacial score (nSPS) is 16.5. The predicted octanol–water partition coefficient (Wildman–Crippen LogP) is 2.19. The van der Waals surface area contributed by atoms with Crippen LogP contribution in [0.15, 0.2) is 36.4 Å². The van der Waals surface area contributed by atoms with E-state index in [-0.39, 0.29) is 41.9 Å². The van der Waals surface area contributed by atoms with Crippen molar-refractivity contribution in [2.24, 2.45) is 0 Å². The minimum absolute atomic E-state index is 0.167. The second-order valence-electron chi connectivity index (χ2n) is 7.08. The lowest BCUT2D eigenvalue weighted by atomic mass is 9.99. The molecular weight excluding hydrogens is 414 g/mol. The van der Waals surface area contributed by atoms with Crippen molar-refractivity contribution in [3.8, 4) is 11.1 Å². The zero-order valence-electron chi connectivity index (χ0n) is 16.3. The number of nitrogens with zero attached hydrogens (tertiary/aromatic N) is 1. The number of rotatable bonds is 7. The number of likely N-dealkylation sites (tertiary alicyclic amines) is 1. The predicted molar refractivity (Wildman–Crippen MR) is 111 cm³/mol.